The Balaban J connectivity index is 1.84. The second kappa shape index (κ2) is 6.87. The lowest BCUT2D eigenvalue weighted by atomic mass is 10.2. The number of nitrogens with one attached hydrogen (secondary N) is 1. The molecule has 5 nitrogen and oxygen atoms in total. The highest BCUT2D eigenvalue weighted by atomic mass is 16.5. The van der Waals surface area contributed by atoms with E-state index in [0.29, 0.717) is 24.7 Å². The minimum absolute atomic E-state index is 0.423. The molecule has 1 aromatic heterocycles. The van der Waals surface area contributed by atoms with Gasteiger partial charge in [0, 0.05) is 5.56 Å². The van der Waals surface area contributed by atoms with E-state index in [0.717, 1.165) is 22.4 Å². The third-order valence-electron chi connectivity index (χ3n) is 3.40. The summed E-state index contributed by atoms with van der Waals surface area (Å²) >= 11 is 0. The Morgan fingerprint density at radius 1 is 1.13 bits per heavy atom. The summed E-state index contributed by atoms with van der Waals surface area (Å²) in [5.74, 6) is 2.12. The molecule has 0 bridgehead atoms. The quantitative estimate of drug-likeness (QED) is 0.533. The van der Waals surface area contributed by atoms with Crippen LogP contribution in [0.15, 0.2) is 55.3 Å². The van der Waals surface area contributed by atoms with Gasteiger partial charge in [0.25, 0.3) is 0 Å². The average Bonchev–Trinajstić information content (AvgIpc) is 3.03. The van der Waals surface area contributed by atoms with Gasteiger partial charge in [-0.25, -0.2) is 4.98 Å². The molecule has 0 saturated heterocycles. The topological polar surface area (TPSA) is 56.4 Å². The van der Waals surface area contributed by atoms with Crippen molar-refractivity contribution in [1.29, 1.82) is 0 Å². The fraction of sp³-hybridized carbons (Fsp3) is 0.167. The smallest absolute Gasteiger partial charge is 0.161 e. The summed E-state index contributed by atoms with van der Waals surface area (Å²) in [5.41, 5.74) is 2.87. The minimum atomic E-state index is 0.423. The van der Waals surface area contributed by atoms with Crippen LogP contribution in [0, 0.1) is 0 Å². The number of aromatic nitrogens is 2. The van der Waals surface area contributed by atoms with Crippen molar-refractivity contribution in [1.82, 2.24) is 9.97 Å². The minimum Gasteiger partial charge on any atom is -0.498 e. The van der Waals surface area contributed by atoms with Crippen molar-refractivity contribution in [2.45, 2.75) is 0 Å². The van der Waals surface area contributed by atoms with E-state index in [-0.39, 0.29) is 0 Å². The lowest BCUT2D eigenvalue weighted by Gasteiger charge is -2.11. The van der Waals surface area contributed by atoms with Crippen LogP contribution >= 0.6 is 0 Å². The Morgan fingerprint density at radius 2 is 2.00 bits per heavy atom. The maximum absolute atomic E-state index is 5.65. The van der Waals surface area contributed by atoms with Gasteiger partial charge in [0.05, 0.1) is 24.4 Å². The van der Waals surface area contributed by atoms with E-state index < -0.39 is 0 Å². The molecule has 0 spiro atoms. The van der Waals surface area contributed by atoms with Crippen LogP contribution in [0.1, 0.15) is 0 Å². The number of nitrogens with zero attached hydrogens (tertiary/aromatic N) is 1. The molecule has 0 radical (unpaired) electrons. The van der Waals surface area contributed by atoms with Gasteiger partial charge >= 0.3 is 0 Å². The summed E-state index contributed by atoms with van der Waals surface area (Å²) in [6, 6.07) is 13.6. The van der Waals surface area contributed by atoms with Gasteiger partial charge in [0.15, 0.2) is 11.5 Å². The van der Waals surface area contributed by atoms with Crippen molar-refractivity contribution in [3.63, 3.8) is 0 Å². The number of imidazole rings is 1. The monoisotopic (exact) mass is 310 g/mol. The van der Waals surface area contributed by atoms with Crippen LogP contribution in [0.3, 0.4) is 0 Å². The number of H-pyrrole nitrogens is 1. The summed E-state index contributed by atoms with van der Waals surface area (Å²) in [4.78, 5) is 7.90. The number of fused-ring (bicyclic) bond motifs is 1. The van der Waals surface area contributed by atoms with Gasteiger partial charge < -0.3 is 19.2 Å². The number of rotatable bonds is 7. The molecule has 3 aromatic rings. The molecule has 0 atom stereocenters. The highest BCUT2D eigenvalue weighted by molar-refractivity contribution is 5.79. The Hall–Kier alpha value is -2.95. The van der Waals surface area contributed by atoms with Crippen LogP contribution in [0.25, 0.3) is 22.4 Å². The fourth-order valence-electron chi connectivity index (χ4n) is 2.31. The van der Waals surface area contributed by atoms with E-state index in [2.05, 4.69) is 16.5 Å². The summed E-state index contributed by atoms with van der Waals surface area (Å²) < 4.78 is 16.1. The second-order valence-electron chi connectivity index (χ2n) is 4.85. The van der Waals surface area contributed by atoms with Gasteiger partial charge in [-0.3, -0.25) is 0 Å². The predicted molar refractivity (Wildman–Crippen MR) is 89.7 cm³/mol. The molecule has 0 aliphatic carbocycles. The molecule has 0 fully saturated rings. The van der Waals surface area contributed by atoms with E-state index in [1.807, 2.05) is 42.5 Å². The molecule has 3 rings (SSSR count). The van der Waals surface area contributed by atoms with Gasteiger partial charge in [-0.05, 0) is 30.3 Å². The number of ether oxygens (including phenoxy) is 3. The number of para-hydroxylation sites is 2. The van der Waals surface area contributed by atoms with Gasteiger partial charge in [0.1, 0.15) is 19.0 Å². The molecule has 1 N–H and O–H groups in total. The van der Waals surface area contributed by atoms with Crippen LogP contribution in [0.5, 0.6) is 11.5 Å². The van der Waals surface area contributed by atoms with Crippen LogP contribution in [-0.2, 0) is 4.74 Å². The molecule has 0 saturated carbocycles. The van der Waals surface area contributed by atoms with Crippen LogP contribution < -0.4 is 9.47 Å². The number of aromatic amines is 1. The third-order valence-corrected chi connectivity index (χ3v) is 3.40. The summed E-state index contributed by atoms with van der Waals surface area (Å²) in [7, 11) is 1.62. The maximum atomic E-state index is 5.65. The highest BCUT2D eigenvalue weighted by Crippen LogP contribution is 2.32. The summed E-state index contributed by atoms with van der Waals surface area (Å²) in [6.45, 7) is 4.35. The molecular weight excluding hydrogens is 292 g/mol. The number of hydrogen-bond donors (Lipinski definition) is 1. The molecule has 1 heterocycles. The molecule has 23 heavy (non-hydrogen) atoms. The lowest BCUT2D eigenvalue weighted by molar-refractivity contribution is 0.176. The Labute approximate surface area is 134 Å². The zero-order valence-corrected chi connectivity index (χ0v) is 12.9. The molecule has 0 aliphatic rings. The van der Waals surface area contributed by atoms with E-state index in [4.69, 9.17) is 14.2 Å². The molecule has 0 aliphatic heterocycles. The zero-order valence-electron chi connectivity index (χ0n) is 12.9. The van der Waals surface area contributed by atoms with E-state index in [9.17, 15) is 0 Å². The molecule has 5 heteroatoms. The van der Waals surface area contributed by atoms with Crippen molar-refractivity contribution in [2.75, 3.05) is 20.3 Å². The van der Waals surface area contributed by atoms with E-state index >= 15 is 0 Å². The predicted octanol–water partition coefficient (Wildman–Crippen LogP) is 3.78. The van der Waals surface area contributed by atoms with Crippen LogP contribution in [0.4, 0.5) is 0 Å². The Morgan fingerprint density at radius 3 is 2.78 bits per heavy atom. The molecule has 0 amide bonds. The Bertz CT molecular complexity index is 778. The SMILES string of the molecule is C=COCCOc1ccc(-c2nc3ccccc3[nH]2)cc1OC. The van der Waals surface area contributed by atoms with Crippen LogP contribution in [-0.4, -0.2) is 30.3 Å². The Kier molecular flexibility index (Phi) is 4.47. The average molecular weight is 310 g/mol. The highest BCUT2D eigenvalue weighted by Gasteiger charge is 2.10. The first-order valence-electron chi connectivity index (χ1n) is 7.30. The van der Waals surface area contributed by atoms with E-state index in [1.165, 1.54) is 6.26 Å². The van der Waals surface area contributed by atoms with Gasteiger partial charge in [-0.1, -0.05) is 18.7 Å². The second-order valence-corrected chi connectivity index (χ2v) is 4.85. The molecule has 2 aromatic carbocycles. The van der Waals surface area contributed by atoms with Gasteiger partial charge in [-0.15, -0.1) is 0 Å². The van der Waals surface area contributed by atoms with Crippen LogP contribution in [0.2, 0.25) is 0 Å². The number of hydrogen-bond acceptors (Lipinski definition) is 4. The molecule has 118 valence electrons. The molecular formula is C18H18N2O3. The zero-order chi connectivity index (χ0) is 16.1. The van der Waals surface area contributed by atoms with E-state index in [1.54, 1.807) is 7.11 Å². The van der Waals surface area contributed by atoms with Crippen molar-refractivity contribution in [2.24, 2.45) is 0 Å². The normalized spacial score (nSPS) is 10.5. The summed E-state index contributed by atoms with van der Waals surface area (Å²) in [5, 5.41) is 0. The first kappa shape index (κ1) is 15.0. The lowest BCUT2D eigenvalue weighted by Crippen LogP contribution is -2.05. The number of methoxy groups -OCH3 is 1. The largest absolute Gasteiger partial charge is 0.498 e. The maximum Gasteiger partial charge on any atom is 0.161 e. The van der Waals surface area contributed by atoms with Gasteiger partial charge in [-0.2, -0.15) is 0 Å². The van der Waals surface area contributed by atoms with Crippen molar-refractivity contribution in [3.05, 3.63) is 55.3 Å². The van der Waals surface area contributed by atoms with Gasteiger partial charge in [0.2, 0.25) is 0 Å². The van der Waals surface area contributed by atoms with Crippen molar-refractivity contribution < 1.29 is 14.2 Å². The number of benzene rings is 2. The fourth-order valence-corrected chi connectivity index (χ4v) is 2.31. The summed E-state index contributed by atoms with van der Waals surface area (Å²) in [6.07, 6.45) is 1.39. The van der Waals surface area contributed by atoms with Crippen molar-refractivity contribution in [3.8, 4) is 22.9 Å². The standard InChI is InChI=1S/C18H18N2O3/c1-3-22-10-11-23-16-9-8-13(12-17(16)21-2)18-19-14-6-4-5-7-15(14)20-18/h3-9,12H,1,10-11H2,2H3,(H,19,20). The first-order valence-corrected chi connectivity index (χ1v) is 7.30. The first-order chi connectivity index (χ1) is 11.3. The van der Waals surface area contributed by atoms with Crippen molar-refractivity contribution >= 4 is 11.0 Å². The molecule has 0 unspecified atom stereocenters. The third kappa shape index (κ3) is 3.29.